The van der Waals surface area contributed by atoms with Gasteiger partial charge in [0.1, 0.15) is 18.9 Å². The first kappa shape index (κ1) is 13.3. The second-order valence-electron chi connectivity index (χ2n) is 4.36. The van der Waals surface area contributed by atoms with Gasteiger partial charge < -0.3 is 14.6 Å². The summed E-state index contributed by atoms with van der Waals surface area (Å²) in [4.78, 5) is 10.8. The minimum Gasteiger partial charge on any atom is -0.486 e. The zero-order valence-corrected chi connectivity index (χ0v) is 10.6. The monoisotopic (exact) mass is 296 g/mol. The van der Waals surface area contributed by atoms with E-state index in [1.807, 2.05) is 0 Å². The first-order chi connectivity index (χ1) is 10.1. The number of carboxylic acids is 1. The van der Waals surface area contributed by atoms with Crippen LogP contribution in [-0.2, 0) is 0 Å². The third-order valence-corrected chi connectivity index (χ3v) is 3.03. The lowest BCUT2D eigenvalue weighted by Gasteiger charge is -2.20. The molecule has 2 N–H and O–H groups in total. The number of rotatable bonds is 3. The summed E-state index contributed by atoms with van der Waals surface area (Å²) < 4.78 is 37.0. The number of aromatic carboxylic acids is 1. The SMILES string of the molecule is O=C(O)c1cc(-c2cc3c(cc2C(F)F)OCCO3)n[nH]1. The number of ether oxygens (including phenoxy) is 2. The molecule has 0 aliphatic carbocycles. The molecular weight excluding hydrogens is 286 g/mol. The number of nitrogens with zero attached hydrogens (tertiary/aromatic N) is 1. The van der Waals surface area contributed by atoms with Crippen LogP contribution in [0.4, 0.5) is 8.78 Å². The van der Waals surface area contributed by atoms with Crippen LogP contribution in [0.3, 0.4) is 0 Å². The van der Waals surface area contributed by atoms with E-state index in [4.69, 9.17) is 14.6 Å². The van der Waals surface area contributed by atoms with E-state index in [2.05, 4.69) is 10.2 Å². The highest BCUT2D eigenvalue weighted by Crippen LogP contribution is 2.40. The Morgan fingerprint density at radius 2 is 1.90 bits per heavy atom. The molecule has 0 unspecified atom stereocenters. The first-order valence-electron chi connectivity index (χ1n) is 6.07. The fourth-order valence-electron chi connectivity index (χ4n) is 2.08. The predicted molar refractivity (Wildman–Crippen MR) is 66.9 cm³/mol. The van der Waals surface area contributed by atoms with Gasteiger partial charge in [0, 0.05) is 11.1 Å². The van der Waals surface area contributed by atoms with Crippen LogP contribution in [-0.4, -0.2) is 34.5 Å². The van der Waals surface area contributed by atoms with Gasteiger partial charge in [-0.15, -0.1) is 0 Å². The van der Waals surface area contributed by atoms with Crippen LogP contribution in [0, 0.1) is 0 Å². The third-order valence-electron chi connectivity index (χ3n) is 3.03. The largest absolute Gasteiger partial charge is 0.486 e. The molecule has 0 fully saturated rings. The Hall–Kier alpha value is -2.64. The molecule has 1 aromatic carbocycles. The van der Waals surface area contributed by atoms with Gasteiger partial charge in [0.05, 0.1) is 5.69 Å². The number of carbonyl (C=O) groups is 1. The van der Waals surface area contributed by atoms with E-state index in [0.717, 1.165) is 0 Å². The van der Waals surface area contributed by atoms with Crippen molar-refractivity contribution >= 4 is 5.97 Å². The number of fused-ring (bicyclic) bond motifs is 1. The normalized spacial score (nSPS) is 13.5. The Morgan fingerprint density at radius 1 is 1.24 bits per heavy atom. The highest BCUT2D eigenvalue weighted by atomic mass is 19.3. The minimum atomic E-state index is -2.75. The lowest BCUT2D eigenvalue weighted by atomic mass is 10.0. The summed E-state index contributed by atoms with van der Waals surface area (Å²) in [7, 11) is 0. The molecule has 0 saturated carbocycles. The standard InChI is InChI=1S/C13H10F2N2O4/c14-12(15)7-4-11-10(20-1-2-21-11)3-6(7)8-5-9(13(18)19)17-16-8/h3-5,12H,1-2H2,(H,16,17)(H,18,19). The Bertz CT molecular complexity index is 699. The van der Waals surface area contributed by atoms with Crippen molar-refractivity contribution in [2.24, 2.45) is 0 Å². The molecule has 2 heterocycles. The molecule has 8 heteroatoms. The smallest absolute Gasteiger partial charge is 0.353 e. The van der Waals surface area contributed by atoms with Gasteiger partial charge >= 0.3 is 5.97 Å². The molecule has 3 rings (SSSR count). The Labute approximate surface area is 117 Å². The summed E-state index contributed by atoms with van der Waals surface area (Å²) in [5.41, 5.74) is -0.250. The highest BCUT2D eigenvalue weighted by Gasteiger charge is 2.23. The molecule has 2 aromatic rings. The number of hydrogen-bond donors (Lipinski definition) is 2. The van der Waals surface area contributed by atoms with E-state index >= 15 is 0 Å². The highest BCUT2D eigenvalue weighted by molar-refractivity contribution is 5.87. The van der Waals surface area contributed by atoms with Crippen molar-refractivity contribution < 1.29 is 28.2 Å². The fourth-order valence-corrected chi connectivity index (χ4v) is 2.08. The van der Waals surface area contributed by atoms with Crippen molar-refractivity contribution in [1.29, 1.82) is 0 Å². The lowest BCUT2D eigenvalue weighted by Crippen LogP contribution is -2.15. The summed E-state index contributed by atoms with van der Waals surface area (Å²) in [6, 6.07) is 3.78. The zero-order valence-electron chi connectivity index (χ0n) is 10.6. The van der Waals surface area contributed by atoms with E-state index in [-0.39, 0.29) is 28.3 Å². The number of carboxylic acid groups (broad SMARTS) is 1. The van der Waals surface area contributed by atoms with Crippen LogP contribution in [0.5, 0.6) is 11.5 Å². The molecule has 1 aromatic heterocycles. The third kappa shape index (κ3) is 2.39. The predicted octanol–water partition coefficient (Wildman–Crippen LogP) is 2.48. The van der Waals surface area contributed by atoms with Crippen LogP contribution >= 0.6 is 0 Å². The van der Waals surface area contributed by atoms with Gasteiger partial charge in [-0.1, -0.05) is 0 Å². The van der Waals surface area contributed by atoms with Gasteiger partial charge in [-0.2, -0.15) is 5.10 Å². The van der Waals surface area contributed by atoms with Gasteiger partial charge in [0.15, 0.2) is 11.5 Å². The van der Waals surface area contributed by atoms with Gasteiger partial charge in [-0.05, 0) is 18.2 Å². The van der Waals surface area contributed by atoms with E-state index in [1.165, 1.54) is 18.2 Å². The Balaban J connectivity index is 2.12. The van der Waals surface area contributed by atoms with Crippen molar-refractivity contribution in [3.05, 3.63) is 29.5 Å². The quantitative estimate of drug-likeness (QED) is 0.909. The second-order valence-corrected chi connectivity index (χ2v) is 4.36. The van der Waals surface area contributed by atoms with E-state index in [0.29, 0.717) is 19.0 Å². The summed E-state index contributed by atoms with van der Waals surface area (Å²) in [5, 5.41) is 14.9. The average Bonchev–Trinajstić information content (AvgIpc) is 2.95. The van der Waals surface area contributed by atoms with Gasteiger partial charge in [0.2, 0.25) is 0 Å². The molecule has 0 spiro atoms. The summed E-state index contributed by atoms with van der Waals surface area (Å²) in [6.07, 6.45) is -2.75. The van der Waals surface area contributed by atoms with E-state index in [9.17, 15) is 13.6 Å². The maximum atomic E-state index is 13.2. The summed E-state index contributed by atoms with van der Waals surface area (Å²) in [5.74, 6) is -0.639. The Morgan fingerprint density at radius 3 is 2.48 bits per heavy atom. The summed E-state index contributed by atoms with van der Waals surface area (Å²) >= 11 is 0. The molecule has 1 aliphatic heterocycles. The summed E-state index contributed by atoms with van der Waals surface area (Å²) in [6.45, 7) is 0.613. The van der Waals surface area contributed by atoms with Crippen molar-refractivity contribution in [2.75, 3.05) is 13.2 Å². The molecular formula is C13H10F2N2O4. The van der Waals surface area contributed by atoms with Gasteiger partial charge in [-0.3, -0.25) is 5.10 Å². The zero-order chi connectivity index (χ0) is 15.0. The molecule has 0 amide bonds. The van der Waals surface area contributed by atoms with Crippen molar-refractivity contribution in [2.45, 2.75) is 6.43 Å². The molecule has 1 aliphatic rings. The topological polar surface area (TPSA) is 84.4 Å². The number of H-pyrrole nitrogens is 1. The molecule has 110 valence electrons. The van der Waals surface area contributed by atoms with Gasteiger partial charge in [0.25, 0.3) is 6.43 Å². The van der Waals surface area contributed by atoms with Crippen LogP contribution in [0.25, 0.3) is 11.3 Å². The first-order valence-corrected chi connectivity index (χ1v) is 6.07. The van der Waals surface area contributed by atoms with Crippen molar-refractivity contribution in [1.82, 2.24) is 10.2 Å². The van der Waals surface area contributed by atoms with Crippen molar-refractivity contribution in [3.8, 4) is 22.8 Å². The van der Waals surface area contributed by atoms with Crippen LogP contribution in [0.15, 0.2) is 18.2 Å². The molecule has 0 atom stereocenters. The molecule has 0 bridgehead atoms. The maximum Gasteiger partial charge on any atom is 0.353 e. The van der Waals surface area contributed by atoms with Gasteiger partial charge in [-0.25, -0.2) is 13.6 Å². The number of aromatic nitrogens is 2. The minimum absolute atomic E-state index is 0.109. The second kappa shape index (κ2) is 5.04. The van der Waals surface area contributed by atoms with Crippen LogP contribution in [0.1, 0.15) is 22.5 Å². The molecule has 0 saturated heterocycles. The van der Waals surface area contributed by atoms with Crippen molar-refractivity contribution in [3.63, 3.8) is 0 Å². The molecule has 6 nitrogen and oxygen atoms in total. The molecule has 21 heavy (non-hydrogen) atoms. The Kier molecular flexibility index (Phi) is 3.20. The maximum absolute atomic E-state index is 13.2. The number of nitrogens with one attached hydrogen (secondary N) is 1. The average molecular weight is 296 g/mol. The van der Waals surface area contributed by atoms with Crippen LogP contribution < -0.4 is 9.47 Å². The number of halogens is 2. The number of aromatic amines is 1. The van der Waals surface area contributed by atoms with Crippen LogP contribution in [0.2, 0.25) is 0 Å². The lowest BCUT2D eigenvalue weighted by molar-refractivity contribution is 0.0690. The fraction of sp³-hybridized carbons (Fsp3) is 0.231. The number of benzene rings is 1. The molecule has 0 radical (unpaired) electrons. The number of hydrogen-bond acceptors (Lipinski definition) is 4. The van der Waals surface area contributed by atoms with E-state index in [1.54, 1.807) is 0 Å². The van der Waals surface area contributed by atoms with E-state index < -0.39 is 12.4 Å². The number of alkyl halides is 2.